The van der Waals surface area contributed by atoms with Crippen molar-refractivity contribution in [3.05, 3.63) is 30.5 Å². The Morgan fingerprint density at radius 1 is 1.37 bits per heavy atom. The summed E-state index contributed by atoms with van der Waals surface area (Å²) in [5.41, 5.74) is 1.46. The van der Waals surface area contributed by atoms with E-state index in [2.05, 4.69) is 26.2 Å². The van der Waals surface area contributed by atoms with Crippen LogP contribution in [-0.2, 0) is 4.79 Å². The maximum absolute atomic E-state index is 12.0. The summed E-state index contributed by atoms with van der Waals surface area (Å²) in [5.74, 6) is 0.578. The number of pyridine rings is 1. The van der Waals surface area contributed by atoms with Crippen molar-refractivity contribution in [1.29, 1.82) is 0 Å². The second kappa shape index (κ2) is 5.17. The number of rotatable bonds is 3. The molecule has 0 saturated heterocycles. The molecule has 1 heterocycles. The van der Waals surface area contributed by atoms with Crippen molar-refractivity contribution in [2.45, 2.75) is 18.2 Å². The van der Waals surface area contributed by atoms with E-state index in [0.717, 1.165) is 16.6 Å². The largest absolute Gasteiger partial charge is 0.494 e. The van der Waals surface area contributed by atoms with E-state index < -0.39 is 4.32 Å². The number of benzene rings is 1. The number of fused-ring (bicyclic) bond motifs is 1. The van der Waals surface area contributed by atoms with Crippen LogP contribution in [0, 0.1) is 0 Å². The summed E-state index contributed by atoms with van der Waals surface area (Å²) in [6.07, 6.45) is 1.70. The van der Waals surface area contributed by atoms with Gasteiger partial charge in [-0.1, -0.05) is 15.9 Å². The van der Waals surface area contributed by atoms with Crippen molar-refractivity contribution in [3.8, 4) is 5.75 Å². The first-order valence-electron chi connectivity index (χ1n) is 5.85. The zero-order valence-electron chi connectivity index (χ0n) is 11.0. The van der Waals surface area contributed by atoms with Crippen molar-refractivity contribution < 1.29 is 9.53 Å². The highest BCUT2D eigenvalue weighted by Gasteiger charge is 2.24. The molecule has 0 atom stereocenters. The molecule has 4 nitrogen and oxygen atoms in total. The molecule has 100 valence electrons. The molecule has 0 unspecified atom stereocenters. The smallest absolute Gasteiger partial charge is 0.240 e. The van der Waals surface area contributed by atoms with Crippen LogP contribution in [0.2, 0.25) is 0 Å². The van der Waals surface area contributed by atoms with Gasteiger partial charge in [-0.2, -0.15) is 0 Å². The molecule has 0 spiro atoms. The molecule has 2 aromatic rings. The van der Waals surface area contributed by atoms with Gasteiger partial charge in [0.05, 0.1) is 17.1 Å². The van der Waals surface area contributed by atoms with Gasteiger partial charge in [0.2, 0.25) is 5.91 Å². The molecule has 1 aromatic carbocycles. The minimum atomic E-state index is -0.624. The summed E-state index contributed by atoms with van der Waals surface area (Å²) in [6.45, 7) is 3.60. The van der Waals surface area contributed by atoms with Crippen molar-refractivity contribution in [1.82, 2.24) is 4.98 Å². The Balaban J connectivity index is 2.48. The van der Waals surface area contributed by atoms with Crippen molar-refractivity contribution >= 4 is 38.4 Å². The van der Waals surface area contributed by atoms with Gasteiger partial charge in [0.1, 0.15) is 11.3 Å². The zero-order chi connectivity index (χ0) is 14.0. The van der Waals surface area contributed by atoms with Gasteiger partial charge in [0.25, 0.3) is 0 Å². The van der Waals surface area contributed by atoms with Crippen LogP contribution in [0.15, 0.2) is 30.5 Å². The summed E-state index contributed by atoms with van der Waals surface area (Å²) in [7, 11) is 1.60. The Hall–Kier alpha value is -1.62. The van der Waals surface area contributed by atoms with Gasteiger partial charge in [-0.05, 0) is 38.1 Å². The van der Waals surface area contributed by atoms with Crippen LogP contribution in [0.25, 0.3) is 10.9 Å². The number of carbonyl (C=O) groups is 1. The number of alkyl halides is 1. The van der Waals surface area contributed by atoms with E-state index >= 15 is 0 Å². The SMILES string of the molecule is COc1ccc(NC(=O)C(C)(C)Br)c2cccnc12. The predicted octanol–water partition coefficient (Wildman–Crippen LogP) is 3.36. The number of ether oxygens (including phenoxy) is 1. The maximum Gasteiger partial charge on any atom is 0.240 e. The number of hydrogen-bond donors (Lipinski definition) is 1. The van der Waals surface area contributed by atoms with Gasteiger partial charge in [0.15, 0.2) is 0 Å². The molecule has 19 heavy (non-hydrogen) atoms. The Labute approximate surface area is 120 Å². The number of methoxy groups -OCH3 is 1. The number of halogens is 1. The van der Waals surface area contributed by atoms with Crippen LogP contribution >= 0.6 is 15.9 Å². The van der Waals surface area contributed by atoms with Crippen LogP contribution in [0.3, 0.4) is 0 Å². The molecule has 0 radical (unpaired) electrons. The fraction of sp³-hybridized carbons (Fsp3) is 0.286. The average Bonchev–Trinajstić information content (AvgIpc) is 2.38. The number of nitrogens with one attached hydrogen (secondary N) is 1. The average molecular weight is 323 g/mol. The quantitative estimate of drug-likeness (QED) is 0.881. The Bertz CT molecular complexity index is 620. The third-order valence-electron chi connectivity index (χ3n) is 2.74. The lowest BCUT2D eigenvalue weighted by Crippen LogP contribution is -2.31. The highest BCUT2D eigenvalue weighted by molar-refractivity contribution is 9.10. The molecule has 1 aromatic heterocycles. The minimum Gasteiger partial charge on any atom is -0.494 e. The van der Waals surface area contributed by atoms with Gasteiger partial charge in [-0.15, -0.1) is 0 Å². The summed E-state index contributed by atoms with van der Waals surface area (Å²) in [6, 6.07) is 7.35. The number of aromatic nitrogens is 1. The molecule has 0 aliphatic carbocycles. The maximum atomic E-state index is 12.0. The Morgan fingerprint density at radius 2 is 2.11 bits per heavy atom. The molecule has 0 aliphatic rings. The lowest BCUT2D eigenvalue weighted by molar-refractivity contribution is -0.117. The monoisotopic (exact) mass is 322 g/mol. The molecule has 2 rings (SSSR count). The van der Waals surface area contributed by atoms with Gasteiger partial charge in [-0.25, -0.2) is 0 Å². The molecular formula is C14H15BrN2O2. The van der Waals surface area contributed by atoms with Gasteiger partial charge in [-0.3, -0.25) is 9.78 Å². The molecule has 0 fully saturated rings. The number of amides is 1. The van der Waals surface area contributed by atoms with E-state index in [1.54, 1.807) is 33.2 Å². The molecule has 1 amide bonds. The Kier molecular flexibility index (Phi) is 3.75. The van der Waals surface area contributed by atoms with Crippen LogP contribution in [-0.4, -0.2) is 22.3 Å². The molecular weight excluding hydrogens is 308 g/mol. The minimum absolute atomic E-state index is 0.109. The van der Waals surface area contributed by atoms with E-state index in [0.29, 0.717) is 5.75 Å². The van der Waals surface area contributed by atoms with Crippen molar-refractivity contribution in [2.75, 3.05) is 12.4 Å². The first kappa shape index (κ1) is 13.8. The number of carbonyl (C=O) groups excluding carboxylic acids is 1. The second-order valence-electron chi connectivity index (χ2n) is 4.64. The topological polar surface area (TPSA) is 51.2 Å². The van der Waals surface area contributed by atoms with Gasteiger partial charge in [0, 0.05) is 11.6 Å². The summed E-state index contributed by atoms with van der Waals surface area (Å²) in [4.78, 5) is 16.3. The highest BCUT2D eigenvalue weighted by atomic mass is 79.9. The van der Waals surface area contributed by atoms with Crippen LogP contribution in [0.5, 0.6) is 5.75 Å². The third-order valence-corrected chi connectivity index (χ3v) is 3.10. The van der Waals surface area contributed by atoms with E-state index in [1.165, 1.54) is 0 Å². The number of anilines is 1. The Morgan fingerprint density at radius 3 is 2.74 bits per heavy atom. The number of nitrogens with zero attached hydrogens (tertiary/aromatic N) is 1. The molecule has 0 bridgehead atoms. The fourth-order valence-electron chi connectivity index (χ4n) is 1.69. The normalized spacial score (nSPS) is 11.4. The van der Waals surface area contributed by atoms with Crippen molar-refractivity contribution in [3.63, 3.8) is 0 Å². The van der Waals surface area contributed by atoms with Crippen LogP contribution in [0.1, 0.15) is 13.8 Å². The first-order valence-corrected chi connectivity index (χ1v) is 6.65. The molecule has 5 heteroatoms. The summed E-state index contributed by atoms with van der Waals surface area (Å²) in [5, 5.41) is 3.75. The van der Waals surface area contributed by atoms with E-state index in [9.17, 15) is 4.79 Å². The second-order valence-corrected chi connectivity index (χ2v) is 6.62. The number of hydrogen-bond acceptors (Lipinski definition) is 3. The highest BCUT2D eigenvalue weighted by Crippen LogP contribution is 2.30. The van der Waals surface area contributed by atoms with Crippen LogP contribution < -0.4 is 10.1 Å². The first-order chi connectivity index (χ1) is 8.93. The standard InChI is InChI=1S/C14H15BrN2O2/c1-14(2,15)13(18)17-10-6-7-11(19-3)12-9(10)5-4-8-16-12/h4-8H,1-3H3,(H,17,18). The summed E-state index contributed by atoms with van der Waals surface area (Å²) >= 11 is 3.34. The third kappa shape index (κ3) is 2.87. The van der Waals surface area contributed by atoms with Crippen molar-refractivity contribution in [2.24, 2.45) is 0 Å². The van der Waals surface area contributed by atoms with E-state index in [4.69, 9.17) is 4.74 Å². The summed E-state index contributed by atoms with van der Waals surface area (Å²) < 4.78 is 4.65. The van der Waals surface area contributed by atoms with E-state index in [-0.39, 0.29) is 5.91 Å². The lowest BCUT2D eigenvalue weighted by Gasteiger charge is -2.17. The van der Waals surface area contributed by atoms with Gasteiger partial charge >= 0.3 is 0 Å². The lowest BCUT2D eigenvalue weighted by atomic mass is 10.1. The molecule has 1 N–H and O–H groups in total. The van der Waals surface area contributed by atoms with Crippen LogP contribution in [0.4, 0.5) is 5.69 Å². The fourth-order valence-corrected chi connectivity index (χ4v) is 1.79. The molecule has 0 aliphatic heterocycles. The molecule has 0 saturated carbocycles. The zero-order valence-corrected chi connectivity index (χ0v) is 12.6. The van der Waals surface area contributed by atoms with E-state index in [1.807, 2.05) is 18.2 Å². The van der Waals surface area contributed by atoms with Gasteiger partial charge < -0.3 is 10.1 Å². The predicted molar refractivity (Wildman–Crippen MR) is 79.9 cm³/mol.